The summed E-state index contributed by atoms with van der Waals surface area (Å²) in [5.74, 6) is 0. The SMILES string of the molecule is C[C@H]1OCC2(CCN(C(=O)OC(C)(C)C)CC2)[C@H]1NS(=O)C(C)(C)C. The number of hydrogen-bond donors (Lipinski definition) is 1. The maximum Gasteiger partial charge on any atom is 0.410 e. The number of piperidine rings is 1. The molecule has 6 nitrogen and oxygen atoms in total. The summed E-state index contributed by atoms with van der Waals surface area (Å²) < 4.78 is 27.0. The number of nitrogens with zero attached hydrogens (tertiary/aromatic N) is 1. The minimum Gasteiger partial charge on any atom is -0.444 e. The molecule has 0 aliphatic carbocycles. The van der Waals surface area contributed by atoms with E-state index in [-0.39, 0.29) is 28.4 Å². The minimum atomic E-state index is -1.14. The largest absolute Gasteiger partial charge is 0.444 e. The molecule has 2 rings (SSSR count). The summed E-state index contributed by atoms with van der Waals surface area (Å²) in [6, 6.07) is 0.0355. The summed E-state index contributed by atoms with van der Waals surface area (Å²) in [5.41, 5.74) is -0.552. The van der Waals surface area contributed by atoms with Gasteiger partial charge in [0.15, 0.2) is 0 Å². The van der Waals surface area contributed by atoms with Crippen molar-refractivity contribution in [3.8, 4) is 0 Å². The van der Waals surface area contributed by atoms with E-state index < -0.39 is 16.6 Å². The van der Waals surface area contributed by atoms with E-state index in [2.05, 4.69) is 4.72 Å². The Morgan fingerprint density at radius 1 is 1.20 bits per heavy atom. The number of carbonyl (C=O) groups excluding carboxylic acids is 1. The van der Waals surface area contributed by atoms with Crippen LogP contribution in [0.4, 0.5) is 4.79 Å². The van der Waals surface area contributed by atoms with Crippen molar-refractivity contribution < 1.29 is 18.5 Å². The maximum atomic E-state index is 12.6. The third-order valence-corrected chi connectivity index (χ3v) is 6.54. The van der Waals surface area contributed by atoms with Gasteiger partial charge in [0, 0.05) is 18.5 Å². The highest BCUT2D eigenvalue weighted by Crippen LogP contribution is 2.42. The Bertz CT molecular complexity index is 516. The molecule has 0 bridgehead atoms. The highest BCUT2D eigenvalue weighted by molar-refractivity contribution is 7.84. The molecule has 2 aliphatic rings. The zero-order valence-electron chi connectivity index (χ0n) is 16.7. The third kappa shape index (κ3) is 4.95. The number of carbonyl (C=O) groups is 1. The van der Waals surface area contributed by atoms with Crippen molar-refractivity contribution in [2.75, 3.05) is 19.7 Å². The Balaban J connectivity index is 2.02. The van der Waals surface area contributed by atoms with Crippen LogP contribution < -0.4 is 4.72 Å². The topological polar surface area (TPSA) is 67.9 Å². The fourth-order valence-corrected chi connectivity index (χ4v) is 4.44. The van der Waals surface area contributed by atoms with Crippen LogP contribution in [0, 0.1) is 5.41 Å². The van der Waals surface area contributed by atoms with E-state index in [1.165, 1.54) is 0 Å². The molecule has 2 heterocycles. The van der Waals surface area contributed by atoms with Gasteiger partial charge in [0.05, 0.1) is 34.5 Å². The first kappa shape index (κ1) is 20.6. The van der Waals surface area contributed by atoms with E-state index in [1.807, 2.05) is 48.5 Å². The van der Waals surface area contributed by atoms with Crippen LogP contribution >= 0.6 is 0 Å². The summed E-state index contributed by atoms with van der Waals surface area (Å²) >= 11 is 0. The van der Waals surface area contributed by atoms with E-state index in [0.29, 0.717) is 19.7 Å². The van der Waals surface area contributed by atoms with Crippen LogP contribution in [0.15, 0.2) is 0 Å². The van der Waals surface area contributed by atoms with Crippen LogP contribution in [0.5, 0.6) is 0 Å². The molecule has 3 atom stereocenters. The second kappa shape index (κ2) is 7.16. The van der Waals surface area contributed by atoms with Crippen LogP contribution in [-0.2, 0) is 20.5 Å². The quantitative estimate of drug-likeness (QED) is 0.807. The molecule has 0 aromatic carbocycles. The molecule has 1 spiro atoms. The molecule has 2 fully saturated rings. The van der Waals surface area contributed by atoms with Crippen LogP contribution in [-0.4, -0.2) is 57.4 Å². The highest BCUT2D eigenvalue weighted by Gasteiger charge is 2.51. The Morgan fingerprint density at radius 3 is 2.24 bits per heavy atom. The van der Waals surface area contributed by atoms with Gasteiger partial charge in [-0.25, -0.2) is 13.7 Å². The molecule has 2 aliphatic heterocycles. The number of ether oxygens (including phenoxy) is 2. The van der Waals surface area contributed by atoms with Crippen molar-refractivity contribution in [3.05, 3.63) is 0 Å². The standard InChI is InChI=1S/C18H34N2O4S/c1-13-14(19-25(22)17(5,6)7)18(12-23-13)8-10-20(11-9-18)15(21)24-16(2,3)4/h13-14,19H,8-12H2,1-7H3/t13-,14+,25?/m1/s1. The monoisotopic (exact) mass is 374 g/mol. The van der Waals surface area contributed by atoms with Gasteiger partial charge in [-0.15, -0.1) is 0 Å². The summed E-state index contributed by atoms with van der Waals surface area (Å²) in [6.45, 7) is 15.5. The Hall–Kier alpha value is -0.660. The normalized spacial score (nSPS) is 28.2. The van der Waals surface area contributed by atoms with E-state index in [0.717, 1.165) is 12.8 Å². The Labute approximate surface area is 154 Å². The molecule has 1 unspecified atom stereocenters. The predicted octanol–water partition coefficient (Wildman–Crippen LogP) is 2.84. The fourth-order valence-electron chi connectivity index (χ4n) is 3.41. The average Bonchev–Trinajstić information content (AvgIpc) is 2.75. The first-order valence-electron chi connectivity index (χ1n) is 9.12. The van der Waals surface area contributed by atoms with Gasteiger partial charge in [0.1, 0.15) is 5.60 Å². The van der Waals surface area contributed by atoms with Gasteiger partial charge in [-0.05, 0) is 61.3 Å². The molecule has 0 aromatic heterocycles. The van der Waals surface area contributed by atoms with Gasteiger partial charge >= 0.3 is 6.09 Å². The zero-order valence-corrected chi connectivity index (χ0v) is 17.5. The van der Waals surface area contributed by atoms with Crippen molar-refractivity contribution in [3.63, 3.8) is 0 Å². The number of likely N-dealkylation sites (tertiary alicyclic amines) is 1. The van der Waals surface area contributed by atoms with Gasteiger partial charge in [-0.1, -0.05) is 0 Å². The lowest BCUT2D eigenvalue weighted by Crippen LogP contribution is -2.55. The lowest BCUT2D eigenvalue weighted by atomic mass is 9.73. The van der Waals surface area contributed by atoms with Crippen molar-refractivity contribution >= 4 is 17.1 Å². The second-order valence-corrected chi connectivity index (χ2v) is 11.3. The molecule has 0 radical (unpaired) electrons. The van der Waals surface area contributed by atoms with E-state index in [4.69, 9.17) is 9.47 Å². The summed E-state index contributed by atoms with van der Waals surface area (Å²) in [5, 5.41) is 0. The van der Waals surface area contributed by atoms with Crippen LogP contribution in [0.1, 0.15) is 61.3 Å². The number of amides is 1. The van der Waals surface area contributed by atoms with Gasteiger partial charge in [-0.3, -0.25) is 0 Å². The predicted molar refractivity (Wildman–Crippen MR) is 99.7 cm³/mol. The second-order valence-electron chi connectivity index (χ2n) is 9.32. The molecule has 0 aromatic rings. The molecule has 7 heteroatoms. The minimum absolute atomic E-state index is 0.0133. The molecule has 1 N–H and O–H groups in total. The number of rotatable bonds is 2. The third-order valence-electron chi connectivity index (χ3n) is 4.96. The first-order valence-corrected chi connectivity index (χ1v) is 10.3. The van der Waals surface area contributed by atoms with Crippen LogP contribution in [0.3, 0.4) is 0 Å². The first-order chi connectivity index (χ1) is 11.3. The van der Waals surface area contributed by atoms with Gasteiger partial charge in [0.2, 0.25) is 0 Å². The van der Waals surface area contributed by atoms with Gasteiger partial charge < -0.3 is 14.4 Å². The van der Waals surface area contributed by atoms with E-state index in [1.54, 1.807) is 4.90 Å². The number of nitrogens with one attached hydrogen (secondary N) is 1. The van der Waals surface area contributed by atoms with Gasteiger partial charge in [0.25, 0.3) is 0 Å². The highest BCUT2D eigenvalue weighted by atomic mass is 32.2. The Kier molecular flexibility index (Phi) is 5.91. The molecule has 1 amide bonds. The lowest BCUT2D eigenvalue weighted by Gasteiger charge is -2.43. The van der Waals surface area contributed by atoms with Crippen molar-refractivity contribution in [1.29, 1.82) is 0 Å². The van der Waals surface area contributed by atoms with Crippen molar-refractivity contribution in [1.82, 2.24) is 9.62 Å². The molecular formula is C18H34N2O4S. The van der Waals surface area contributed by atoms with Crippen molar-refractivity contribution in [2.24, 2.45) is 5.41 Å². The maximum absolute atomic E-state index is 12.6. The molecule has 146 valence electrons. The summed E-state index contributed by atoms with van der Waals surface area (Å²) in [7, 11) is -1.14. The number of hydrogen-bond acceptors (Lipinski definition) is 4. The molecule has 25 heavy (non-hydrogen) atoms. The van der Waals surface area contributed by atoms with Gasteiger partial charge in [-0.2, -0.15) is 0 Å². The molecule has 0 saturated carbocycles. The Morgan fingerprint density at radius 2 is 1.76 bits per heavy atom. The average molecular weight is 375 g/mol. The van der Waals surface area contributed by atoms with Crippen LogP contribution in [0.2, 0.25) is 0 Å². The van der Waals surface area contributed by atoms with E-state index >= 15 is 0 Å². The lowest BCUT2D eigenvalue weighted by molar-refractivity contribution is 0.00648. The molecular weight excluding hydrogens is 340 g/mol. The fraction of sp³-hybridized carbons (Fsp3) is 0.944. The van der Waals surface area contributed by atoms with E-state index in [9.17, 15) is 9.00 Å². The summed E-state index contributed by atoms with van der Waals surface area (Å²) in [6.07, 6.45) is 1.42. The zero-order chi connectivity index (χ0) is 19.0. The van der Waals surface area contributed by atoms with Crippen molar-refractivity contribution in [2.45, 2.75) is 83.8 Å². The summed E-state index contributed by atoms with van der Waals surface area (Å²) in [4.78, 5) is 14.1. The molecule has 2 saturated heterocycles. The smallest absolute Gasteiger partial charge is 0.410 e. The van der Waals surface area contributed by atoms with Crippen LogP contribution in [0.25, 0.3) is 0 Å².